The molecule has 0 amide bonds. The van der Waals surface area contributed by atoms with Crippen molar-refractivity contribution in [3.8, 4) is 0 Å². The molecule has 20 heavy (non-hydrogen) atoms. The maximum atomic E-state index is 11.6. The zero-order chi connectivity index (χ0) is 15.3. The molecule has 108 valence electrons. The van der Waals surface area contributed by atoms with E-state index < -0.39 is 17.9 Å². The average molecular weight is 316 g/mol. The normalized spacial score (nSPS) is 11.4. The van der Waals surface area contributed by atoms with Gasteiger partial charge in [-0.3, -0.25) is 4.79 Å². The minimum absolute atomic E-state index is 0.226. The van der Waals surface area contributed by atoms with E-state index in [4.69, 9.17) is 23.8 Å². The lowest BCUT2D eigenvalue weighted by Crippen LogP contribution is -2.27. The fraction of sp³-hybridized carbons (Fsp3) is 0.308. The van der Waals surface area contributed by atoms with Crippen LogP contribution in [-0.4, -0.2) is 31.1 Å². The SMILES string of the molecule is COC(=O)c1ccc(Cl)cc1NC(=S)C(C)C(=O)OC. The number of rotatable bonds is 4. The third kappa shape index (κ3) is 3.91. The lowest BCUT2D eigenvalue weighted by Gasteiger charge is -2.15. The van der Waals surface area contributed by atoms with E-state index in [0.717, 1.165) is 0 Å². The summed E-state index contributed by atoms with van der Waals surface area (Å²) in [4.78, 5) is 23.3. The standard InChI is InChI=1S/C13H14ClNO4S/c1-7(12(16)18-2)11(20)15-10-6-8(14)4-5-9(10)13(17)19-3/h4-7H,1-3H3,(H,15,20). The number of nitrogens with one attached hydrogen (secondary N) is 1. The third-order valence-electron chi connectivity index (χ3n) is 2.59. The van der Waals surface area contributed by atoms with Crippen molar-refractivity contribution < 1.29 is 19.1 Å². The first kappa shape index (κ1) is 16.4. The Morgan fingerprint density at radius 3 is 2.50 bits per heavy atom. The molecule has 5 nitrogen and oxygen atoms in total. The van der Waals surface area contributed by atoms with Crippen molar-refractivity contribution in [1.29, 1.82) is 0 Å². The van der Waals surface area contributed by atoms with Gasteiger partial charge in [-0.05, 0) is 25.1 Å². The van der Waals surface area contributed by atoms with E-state index in [0.29, 0.717) is 10.7 Å². The van der Waals surface area contributed by atoms with Crippen molar-refractivity contribution in [1.82, 2.24) is 0 Å². The van der Waals surface area contributed by atoms with Crippen molar-refractivity contribution in [2.75, 3.05) is 19.5 Å². The van der Waals surface area contributed by atoms with Crippen molar-refractivity contribution in [3.63, 3.8) is 0 Å². The van der Waals surface area contributed by atoms with Gasteiger partial charge in [-0.2, -0.15) is 0 Å². The predicted octanol–water partition coefficient (Wildman–Crippen LogP) is 2.68. The predicted molar refractivity (Wildman–Crippen MR) is 80.2 cm³/mol. The first-order chi connectivity index (χ1) is 9.40. The molecule has 0 spiro atoms. The minimum atomic E-state index is -0.639. The number of thiocarbonyl (C=S) groups is 1. The molecule has 1 aromatic rings. The van der Waals surface area contributed by atoms with E-state index in [1.54, 1.807) is 13.0 Å². The summed E-state index contributed by atoms with van der Waals surface area (Å²) in [6.45, 7) is 1.60. The molecule has 0 aliphatic carbocycles. The number of esters is 2. The quantitative estimate of drug-likeness (QED) is 0.681. The van der Waals surface area contributed by atoms with E-state index in [9.17, 15) is 9.59 Å². The van der Waals surface area contributed by atoms with E-state index in [-0.39, 0.29) is 10.6 Å². The Balaban J connectivity index is 3.02. The monoisotopic (exact) mass is 315 g/mol. The van der Waals surface area contributed by atoms with E-state index >= 15 is 0 Å². The van der Waals surface area contributed by atoms with Crippen LogP contribution in [0.2, 0.25) is 5.02 Å². The Morgan fingerprint density at radius 2 is 1.95 bits per heavy atom. The van der Waals surface area contributed by atoms with Crippen LogP contribution in [0.1, 0.15) is 17.3 Å². The highest BCUT2D eigenvalue weighted by molar-refractivity contribution is 7.80. The molecule has 1 N–H and O–H groups in total. The number of halogens is 1. The molecule has 0 aliphatic heterocycles. The van der Waals surface area contributed by atoms with Crippen LogP contribution in [0.4, 0.5) is 5.69 Å². The van der Waals surface area contributed by atoms with Crippen LogP contribution < -0.4 is 5.32 Å². The van der Waals surface area contributed by atoms with Gasteiger partial charge in [-0.15, -0.1) is 0 Å². The van der Waals surface area contributed by atoms with Crippen molar-refractivity contribution in [3.05, 3.63) is 28.8 Å². The number of anilines is 1. The number of carbonyl (C=O) groups excluding carboxylic acids is 2. The first-order valence-corrected chi connectivity index (χ1v) is 6.46. The maximum absolute atomic E-state index is 11.6. The molecule has 0 aliphatic rings. The highest BCUT2D eigenvalue weighted by Gasteiger charge is 2.21. The number of benzene rings is 1. The molecule has 0 saturated carbocycles. The molecule has 0 heterocycles. The highest BCUT2D eigenvalue weighted by Crippen LogP contribution is 2.23. The van der Waals surface area contributed by atoms with Gasteiger partial charge in [0.25, 0.3) is 0 Å². The molecule has 0 fully saturated rings. The van der Waals surface area contributed by atoms with Gasteiger partial charge in [-0.25, -0.2) is 4.79 Å². The average Bonchev–Trinajstić information content (AvgIpc) is 2.44. The van der Waals surface area contributed by atoms with Gasteiger partial charge in [0, 0.05) is 5.02 Å². The van der Waals surface area contributed by atoms with Crippen LogP contribution >= 0.6 is 23.8 Å². The fourth-order valence-electron chi connectivity index (χ4n) is 1.43. The molecule has 0 saturated heterocycles. The summed E-state index contributed by atoms with van der Waals surface area (Å²) in [6, 6.07) is 4.61. The number of hydrogen-bond donors (Lipinski definition) is 1. The topological polar surface area (TPSA) is 64.6 Å². The van der Waals surface area contributed by atoms with Crippen LogP contribution in [0.25, 0.3) is 0 Å². The van der Waals surface area contributed by atoms with Crippen molar-refractivity contribution in [2.45, 2.75) is 6.92 Å². The largest absolute Gasteiger partial charge is 0.468 e. The summed E-state index contributed by atoms with van der Waals surface area (Å²) in [5, 5.41) is 3.25. The molecule has 0 bridgehead atoms. The number of ether oxygens (including phenoxy) is 2. The van der Waals surface area contributed by atoms with Crippen LogP contribution in [-0.2, 0) is 14.3 Å². The van der Waals surface area contributed by atoms with Crippen LogP contribution in [0.3, 0.4) is 0 Å². The van der Waals surface area contributed by atoms with Crippen LogP contribution in [0.15, 0.2) is 18.2 Å². The summed E-state index contributed by atoms with van der Waals surface area (Å²) in [7, 11) is 2.55. The second-order valence-electron chi connectivity index (χ2n) is 3.92. The van der Waals surface area contributed by atoms with Crippen molar-refractivity contribution >= 4 is 46.4 Å². The zero-order valence-corrected chi connectivity index (χ0v) is 12.8. The third-order valence-corrected chi connectivity index (χ3v) is 3.28. The number of hydrogen-bond acceptors (Lipinski definition) is 5. The van der Waals surface area contributed by atoms with Gasteiger partial charge in [0.1, 0.15) is 5.92 Å². The van der Waals surface area contributed by atoms with E-state index in [2.05, 4.69) is 14.8 Å². The molecule has 1 aromatic carbocycles. The van der Waals surface area contributed by atoms with Gasteiger partial charge < -0.3 is 14.8 Å². The Hall–Kier alpha value is -1.66. The van der Waals surface area contributed by atoms with E-state index in [1.807, 2.05) is 0 Å². The zero-order valence-electron chi connectivity index (χ0n) is 11.2. The minimum Gasteiger partial charge on any atom is -0.468 e. The van der Waals surface area contributed by atoms with Gasteiger partial charge in [-0.1, -0.05) is 23.8 Å². The molecule has 1 unspecified atom stereocenters. The summed E-state index contributed by atoms with van der Waals surface area (Å²) >= 11 is 11.0. The Labute approximate surface area is 127 Å². The van der Waals surface area contributed by atoms with Crippen LogP contribution in [0, 0.1) is 5.92 Å². The lowest BCUT2D eigenvalue weighted by molar-refractivity contribution is -0.142. The Bertz CT molecular complexity index is 547. The van der Waals surface area contributed by atoms with Gasteiger partial charge in [0.15, 0.2) is 0 Å². The van der Waals surface area contributed by atoms with Crippen LogP contribution in [0.5, 0.6) is 0 Å². The molecular weight excluding hydrogens is 302 g/mol. The van der Waals surface area contributed by atoms with E-state index in [1.165, 1.54) is 26.4 Å². The summed E-state index contributed by atoms with van der Waals surface area (Å²) in [5.41, 5.74) is 0.654. The fourth-order valence-corrected chi connectivity index (χ4v) is 1.81. The summed E-state index contributed by atoms with van der Waals surface area (Å²) < 4.78 is 9.28. The van der Waals surface area contributed by atoms with Gasteiger partial charge in [0.2, 0.25) is 0 Å². The van der Waals surface area contributed by atoms with Gasteiger partial charge in [0.05, 0.1) is 30.5 Å². The molecule has 0 radical (unpaired) electrons. The molecule has 1 rings (SSSR count). The number of methoxy groups -OCH3 is 2. The lowest BCUT2D eigenvalue weighted by atomic mass is 10.1. The summed E-state index contributed by atoms with van der Waals surface area (Å²) in [5.74, 6) is -1.64. The molecule has 0 aromatic heterocycles. The second-order valence-corrected chi connectivity index (χ2v) is 4.79. The Kier molecular flexibility index (Phi) is 5.91. The second kappa shape index (κ2) is 7.21. The first-order valence-electron chi connectivity index (χ1n) is 5.67. The Morgan fingerprint density at radius 1 is 1.30 bits per heavy atom. The molecule has 7 heteroatoms. The smallest absolute Gasteiger partial charge is 0.339 e. The molecule has 1 atom stereocenters. The maximum Gasteiger partial charge on any atom is 0.339 e. The van der Waals surface area contributed by atoms with Gasteiger partial charge >= 0.3 is 11.9 Å². The number of carbonyl (C=O) groups is 2. The highest BCUT2D eigenvalue weighted by atomic mass is 35.5. The molecular formula is C13H14ClNO4S. The summed E-state index contributed by atoms with van der Waals surface area (Å²) in [6.07, 6.45) is 0. The van der Waals surface area contributed by atoms with Crippen molar-refractivity contribution in [2.24, 2.45) is 5.92 Å².